The SMILES string of the molecule is CN1CCN([C@@H](C#N)c2ccc3c(c2)CCN3C)CC1. The lowest BCUT2D eigenvalue weighted by Gasteiger charge is -2.35. The van der Waals surface area contributed by atoms with Crippen molar-refractivity contribution in [3.05, 3.63) is 29.3 Å². The smallest absolute Gasteiger partial charge is 0.123 e. The summed E-state index contributed by atoms with van der Waals surface area (Å²) in [4.78, 5) is 6.92. The second-order valence-corrected chi connectivity index (χ2v) is 5.93. The van der Waals surface area contributed by atoms with Gasteiger partial charge in [0.2, 0.25) is 0 Å². The molecule has 0 N–H and O–H groups in total. The van der Waals surface area contributed by atoms with E-state index in [0.717, 1.165) is 44.7 Å². The number of hydrogen-bond donors (Lipinski definition) is 0. The Bertz CT molecular complexity index is 526. The zero-order valence-corrected chi connectivity index (χ0v) is 12.3. The molecule has 0 unspecified atom stereocenters. The Labute approximate surface area is 121 Å². The molecule has 0 amide bonds. The van der Waals surface area contributed by atoms with Gasteiger partial charge in [0.25, 0.3) is 0 Å². The topological polar surface area (TPSA) is 33.5 Å². The fourth-order valence-electron chi connectivity index (χ4n) is 3.20. The molecule has 1 atom stereocenters. The number of likely N-dealkylation sites (N-methyl/N-ethyl adjacent to an activating group) is 2. The lowest BCUT2D eigenvalue weighted by molar-refractivity contribution is 0.133. The predicted molar refractivity (Wildman–Crippen MR) is 80.8 cm³/mol. The minimum atomic E-state index is -0.0973. The van der Waals surface area contributed by atoms with E-state index in [4.69, 9.17) is 0 Å². The van der Waals surface area contributed by atoms with E-state index in [1.807, 2.05) is 0 Å². The van der Waals surface area contributed by atoms with Crippen LogP contribution in [0.1, 0.15) is 17.2 Å². The van der Waals surface area contributed by atoms with E-state index in [0.29, 0.717) is 0 Å². The van der Waals surface area contributed by atoms with Crippen LogP contribution >= 0.6 is 0 Å². The third-order valence-corrected chi connectivity index (χ3v) is 4.57. The number of rotatable bonds is 2. The minimum absolute atomic E-state index is 0.0973. The van der Waals surface area contributed by atoms with Gasteiger partial charge in [-0.25, -0.2) is 0 Å². The van der Waals surface area contributed by atoms with Crippen molar-refractivity contribution in [1.82, 2.24) is 9.80 Å². The molecule has 1 aromatic carbocycles. The van der Waals surface area contributed by atoms with Crippen molar-refractivity contribution < 1.29 is 0 Å². The highest BCUT2D eigenvalue weighted by Gasteiger charge is 2.25. The molecule has 4 nitrogen and oxygen atoms in total. The fourth-order valence-corrected chi connectivity index (χ4v) is 3.20. The van der Waals surface area contributed by atoms with Crippen LogP contribution in [-0.2, 0) is 6.42 Å². The largest absolute Gasteiger partial charge is 0.374 e. The van der Waals surface area contributed by atoms with Gasteiger partial charge in [0.1, 0.15) is 6.04 Å². The quantitative estimate of drug-likeness (QED) is 0.815. The Morgan fingerprint density at radius 1 is 1.10 bits per heavy atom. The highest BCUT2D eigenvalue weighted by molar-refractivity contribution is 5.59. The van der Waals surface area contributed by atoms with Crippen molar-refractivity contribution in [1.29, 1.82) is 5.26 Å². The summed E-state index contributed by atoms with van der Waals surface area (Å²) in [5.74, 6) is 0. The molecule has 1 aromatic rings. The van der Waals surface area contributed by atoms with Crippen molar-refractivity contribution in [3.8, 4) is 6.07 Å². The summed E-state index contributed by atoms with van der Waals surface area (Å²) in [6.45, 7) is 5.14. The first kappa shape index (κ1) is 13.4. The van der Waals surface area contributed by atoms with E-state index in [1.54, 1.807) is 0 Å². The minimum Gasteiger partial charge on any atom is -0.374 e. The Hall–Kier alpha value is -1.57. The number of nitriles is 1. The lowest BCUT2D eigenvalue weighted by atomic mass is 10.0. The Kier molecular flexibility index (Phi) is 3.64. The zero-order chi connectivity index (χ0) is 14.1. The van der Waals surface area contributed by atoms with Gasteiger partial charge in [-0.05, 0) is 30.7 Å². The second-order valence-electron chi connectivity index (χ2n) is 5.93. The Balaban J connectivity index is 1.82. The fraction of sp³-hybridized carbons (Fsp3) is 0.562. The van der Waals surface area contributed by atoms with Gasteiger partial charge in [0, 0.05) is 45.5 Å². The number of hydrogen-bond acceptors (Lipinski definition) is 4. The molecule has 0 bridgehead atoms. The maximum Gasteiger partial charge on any atom is 0.123 e. The van der Waals surface area contributed by atoms with Gasteiger partial charge in [0.05, 0.1) is 6.07 Å². The van der Waals surface area contributed by atoms with Crippen molar-refractivity contribution in [3.63, 3.8) is 0 Å². The Morgan fingerprint density at radius 2 is 1.85 bits per heavy atom. The summed E-state index contributed by atoms with van der Waals surface area (Å²) in [6.07, 6.45) is 1.10. The average Bonchev–Trinajstić information content (AvgIpc) is 2.83. The van der Waals surface area contributed by atoms with Crippen molar-refractivity contribution in [2.75, 3.05) is 51.7 Å². The number of nitrogens with zero attached hydrogens (tertiary/aromatic N) is 4. The molecule has 106 valence electrons. The van der Waals surface area contributed by atoms with Gasteiger partial charge < -0.3 is 9.80 Å². The average molecular weight is 270 g/mol. The molecule has 1 saturated heterocycles. The maximum atomic E-state index is 9.58. The molecule has 4 heteroatoms. The molecule has 2 aliphatic heterocycles. The van der Waals surface area contributed by atoms with Crippen molar-refractivity contribution in [2.24, 2.45) is 0 Å². The summed E-state index contributed by atoms with van der Waals surface area (Å²) >= 11 is 0. The van der Waals surface area contributed by atoms with E-state index in [-0.39, 0.29) is 6.04 Å². The zero-order valence-electron chi connectivity index (χ0n) is 12.3. The van der Waals surface area contributed by atoms with Crippen LogP contribution in [0.25, 0.3) is 0 Å². The van der Waals surface area contributed by atoms with E-state index in [1.165, 1.54) is 11.3 Å². The van der Waals surface area contributed by atoms with Gasteiger partial charge in [-0.1, -0.05) is 12.1 Å². The normalized spacial score (nSPS) is 21.6. The molecule has 0 radical (unpaired) electrons. The first-order chi connectivity index (χ1) is 9.69. The van der Waals surface area contributed by atoms with E-state index in [2.05, 4.69) is 53.1 Å². The van der Waals surface area contributed by atoms with Gasteiger partial charge in [0.15, 0.2) is 0 Å². The monoisotopic (exact) mass is 270 g/mol. The third kappa shape index (κ3) is 2.39. The highest BCUT2D eigenvalue weighted by Crippen LogP contribution is 2.31. The number of benzene rings is 1. The molecule has 0 spiro atoms. The summed E-state index contributed by atoms with van der Waals surface area (Å²) in [5, 5.41) is 9.58. The highest BCUT2D eigenvalue weighted by atomic mass is 15.3. The molecule has 3 rings (SSSR count). The van der Waals surface area contributed by atoms with Crippen LogP contribution in [0.5, 0.6) is 0 Å². The predicted octanol–water partition coefficient (Wildman–Crippen LogP) is 1.49. The van der Waals surface area contributed by atoms with E-state index < -0.39 is 0 Å². The summed E-state index contributed by atoms with van der Waals surface area (Å²) in [5.41, 5.74) is 3.87. The van der Waals surface area contributed by atoms with E-state index >= 15 is 0 Å². The molecule has 2 heterocycles. The molecule has 0 aromatic heterocycles. The van der Waals surface area contributed by atoms with Crippen LogP contribution in [0.4, 0.5) is 5.69 Å². The lowest BCUT2D eigenvalue weighted by Crippen LogP contribution is -2.45. The van der Waals surface area contributed by atoms with Crippen LogP contribution in [0.2, 0.25) is 0 Å². The first-order valence-electron chi connectivity index (χ1n) is 7.35. The van der Waals surface area contributed by atoms with Gasteiger partial charge in [-0.3, -0.25) is 4.90 Å². The standard InChI is InChI=1S/C16H22N4/c1-18-7-9-20(10-8-18)16(12-17)13-3-4-15-14(11-13)5-6-19(15)2/h3-4,11,16H,5-10H2,1-2H3/t16-/m0/s1. The van der Waals surface area contributed by atoms with Crippen LogP contribution in [0.3, 0.4) is 0 Å². The van der Waals surface area contributed by atoms with Gasteiger partial charge in [-0.2, -0.15) is 5.26 Å². The second kappa shape index (κ2) is 5.43. The van der Waals surface area contributed by atoms with Crippen LogP contribution in [0.15, 0.2) is 18.2 Å². The maximum absolute atomic E-state index is 9.58. The molecule has 2 aliphatic rings. The van der Waals surface area contributed by atoms with Crippen molar-refractivity contribution >= 4 is 5.69 Å². The molecule has 0 saturated carbocycles. The third-order valence-electron chi connectivity index (χ3n) is 4.57. The summed E-state index contributed by atoms with van der Waals surface area (Å²) in [7, 11) is 4.28. The molecule has 20 heavy (non-hydrogen) atoms. The number of piperazine rings is 1. The van der Waals surface area contributed by atoms with Gasteiger partial charge in [-0.15, -0.1) is 0 Å². The van der Waals surface area contributed by atoms with Gasteiger partial charge >= 0.3 is 0 Å². The summed E-state index contributed by atoms with van der Waals surface area (Å²) in [6, 6.07) is 8.95. The number of fused-ring (bicyclic) bond motifs is 1. The Morgan fingerprint density at radius 3 is 2.55 bits per heavy atom. The molecular weight excluding hydrogens is 248 g/mol. The van der Waals surface area contributed by atoms with Crippen LogP contribution < -0.4 is 4.90 Å². The first-order valence-corrected chi connectivity index (χ1v) is 7.35. The summed E-state index contributed by atoms with van der Waals surface area (Å²) < 4.78 is 0. The molecule has 0 aliphatic carbocycles. The molecular formula is C16H22N4. The van der Waals surface area contributed by atoms with Crippen LogP contribution in [-0.4, -0.2) is 56.6 Å². The number of anilines is 1. The van der Waals surface area contributed by atoms with Crippen molar-refractivity contribution in [2.45, 2.75) is 12.5 Å². The van der Waals surface area contributed by atoms with Crippen LogP contribution in [0, 0.1) is 11.3 Å². The molecule has 1 fully saturated rings. The van der Waals surface area contributed by atoms with E-state index in [9.17, 15) is 5.26 Å².